The van der Waals surface area contributed by atoms with Crippen molar-refractivity contribution < 1.29 is 58.3 Å². The molecule has 76 heavy (non-hydrogen) atoms. The van der Waals surface area contributed by atoms with Crippen molar-refractivity contribution in [1.82, 2.24) is 60.3 Å². The molecule has 33 heteroatoms. The summed E-state index contributed by atoms with van der Waals surface area (Å²) in [6.07, 6.45) is -5.18. The smallest absolute Gasteiger partial charge is 0.409 e. The van der Waals surface area contributed by atoms with Crippen molar-refractivity contribution in [2.24, 2.45) is 10.9 Å². The lowest BCUT2D eigenvalue weighted by molar-refractivity contribution is -0.138. The van der Waals surface area contributed by atoms with Crippen molar-refractivity contribution in [2.75, 3.05) is 16.4 Å². The van der Waals surface area contributed by atoms with Crippen molar-refractivity contribution in [3.05, 3.63) is 148 Å². The second kappa shape index (κ2) is 25.0. The van der Waals surface area contributed by atoms with E-state index in [0.717, 1.165) is 36.4 Å². The Morgan fingerprint density at radius 2 is 0.921 bits per heavy atom. The van der Waals surface area contributed by atoms with Gasteiger partial charge in [-0.05, 0) is 52.3 Å². The standard InChI is InChI=1S/C14H10F3N7O2.C14H7F3N6O.C9H6F3N3O.C5H2BrN3.CH4/c15-14(16,17)8-3-1-7(2-4-8)12-22-13(26-24-12)21-10-6-19-9(5-20-10)11(18)23-25;15-14(16,17)9-3-1-8(2-4-9)12-22-13(24-23-12)21-11-7-19-10(5-18)6-20-11;10-9(11,12)6-3-1-5(2-4-6)7-14-8(13)16-15-7;6-5-3-8-4(1-7)2-9-5;/h1-6,25H,(H2,18,23)(H,20,21,22,24);1-4,6-7H,(H,20,21,22,23);1-4H,(H2,13,14,15);2-3H;1H4. The highest BCUT2D eigenvalue weighted by molar-refractivity contribution is 9.10. The minimum absolute atomic E-state index is 0. The van der Waals surface area contributed by atoms with Gasteiger partial charge in [0.25, 0.3) is 0 Å². The highest BCUT2D eigenvalue weighted by Gasteiger charge is 2.32. The summed E-state index contributed by atoms with van der Waals surface area (Å²) in [6.45, 7) is 0. The van der Waals surface area contributed by atoms with E-state index >= 15 is 0 Å². The van der Waals surface area contributed by atoms with Crippen LogP contribution in [0.1, 0.15) is 41.2 Å². The fraction of sp³-hybridized carbons (Fsp3) is 0.0930. The average Bonchev–Trinajstić information content (AvgIpc) is 4.19. The summed E-state index contributed by atoms with van der Waals surface area (Å²) >= 11 is 3.09. The Hall–Kier alpha value is -10.2. The molecule has 0 saturated carbocycles. The summed E-state index contributed by atoms with van der Waals surface area (Å²) in [7, 11) is 0. The number of halogens is 10. The molecule has 3 aromatic carbocycles. The summed E-state index contributed by atoms with van der Waals surface area (Å²) in [4.78, 5) is 34.8. The van der Waals surface area contributed by atoms with Crippen LogP contribution in [0.15, 0.2) is 133 Å². The number of nitrogens with one attached hydrogen (secondary N) is 2. The Kier molecular flexibility index (Phi) is 18.6. The minimum atomic E-state index is -4.42. The third kappa shape index (κ3) is 16.2. The summed E-state index contributed by atoms with van der Waals surface area (Å²) in [5, 5.41) is 44.4. The molecule has 0 aliphatic rings. The first-order chi connectivity index (χ1) is 35.6. The average molecular weight is 1130 g/mol. The molecule has 6 heterocycles. The number of anilines is 5. The van der Waals surface area contributed by atoms with Crippen LogP contribution in [0.2, 0.25) is 0 Å². The lowest BCUT2D eigenvalue weighted by atomic mass is 10.1. The van der Waals surface area contributed by atoms with Gasteiger partial charge in [0.2, 0.25) is 17.5 Å². The van der Waals surface area contributed by atoms with Gasteiger partial charge in [0.15, 0.2) is 28.9 Å². The van der Waals surface area contributed by atoms with Crippen molar-refractivity contribution in [3.63, 3.8) is 0 Å². The van der Waals surface area contributed by atoms with Gasteiger partial charge in [-0.1, -0.05) is 64.5 Å². The number of aromatic nitrogens is 12. The Morgan fingerprint density at radius 3 is 1.24 bits per heavy atom. The molecule has 0 saturated heterocycles. The van der Waals surface area contributed by atoms with Crippen LogP contribution in [-0.4, -0.2) is 71.4 Å². The molecule has 9 rings (SSSR count). The molecule has 0 aliphatic heterocycles. The van der Waals surface area contributed by atoms with Gasteiger partial charge in [-0.2, -0.15) is 65.0 Å². The zero-order valence-corrected chi connectivity index (χ0v) is 38.3. The van der Waals surface area contributed by atoms with Gasteiger partial charge >= 0.3 is 36.6 Å². The van der Waals surface area contributed by atoms with Gasteiger partial charge in [0.1, 0.15) is 22.4 Å². The number of hydrogen-bond donors (Lipinski definition) is 5. The molecule has 0 aliphatic carbocycles. The first kappa shape index (κ1) is 56.7. The molecule has 0 bridgehead atoms. The van der Waals surface area contributed by atoms with Crippen LogP contribution in [-0.2, 0) is 18.5 Å². The van der Waals surface area contributed by atoms with E-state index in [1.807, 2.05) is 12.1 Å². The van der Waals surface area contributed by atoms with Crippen LogP contribution in [0, 0.1) is 22.7 Å². The number of nitriles is 2. The summed E-state index contributed by atoms with van der Waals surface area (Å²) < 4.78 is 127. The number of nitrogen functional groups attached to an aromatic ring is 1. The number of alkyl halides is 9. The number of nitrogens with two attached hydrogens (primary N) is 2. The second-order valence-corrected chi connectivity index (χ2v) is 14.6. The van der Waals surface area contributed by atoms with Gasteiger partial charge in [-0.25, -0.2) is 29.9 Å². The van der Waals surface area contributed by atoms with Crippen LogP contribution in [0.3, 0.4) is 0 Å². The number of oxime groups is 1. The molecule has 6 aromatic heterocycles. The summed E-state index contributed by atoms with van der Waals surface area (Å²) in [5.74, 6) is 0.687. The topological polar surface area (TPSA) is 350 Å². The zero-order chi connectivity index (χ0) is 54.3. The van der Waals surface area contributed by atoms with Gasteiger partial charge < -0.3 is 30.2 Å². The molecule has 7 N–H and O–H groups in total. The number of rotatable bonds is 8. The van der Waals surface area contributed by atoms with Crippen LogP contribution in [0.25, 0.3) is 34.2 Å². The molecule has 0 spiro atoms. The normalized spacial score (nSPS) is 11.1. The molecular formula is C43H29BrF9N19O4. The first-order valence-electron chi connectivity index (χ1n) is 19.8. The van der Waals surface area contributed by atoms with Crippen molar-refractivity contribution in [3.8, 4) is 46.3 Å². The molecule has 0 fully saturated rings. The zero-order valence-electron chi connectivity index (χ0n) is 36.7. The first-order valence-corrected chi connectivity index (χ1v) is 20.6. The third-order valence-corrected chi connectivity index (χ3v) is 9.11. The maximum atomic E-state index is 12.6. The lowest BCUT2D eigenvalue weighted by Gasteiger charge is -2.05. The Morgan fingerprint density at radius 1 is 0.539 bits per heavy atom. The molecule has 0 atom stereocenters. The number of benzene rings is 3. The fourth-order valence-corrected chi connectivity index (χ4v) is 5.38. The van der Waals surface area contributed by atoms with Crippen molar-refractivity contribution in [1.29, 1.82) is 10.5 Å². The van der Waals surface area contributed by atoms with E-state index < -0.39 is 35.2 Å². The van der Waals surface area contributed by atoms with E-state index in [4.69, 9.17) is 36.2 Å². The predicted molar refractivity (Wildman–Crippen MR) is 248 cm³/mol. The highest BCUT2D eigenvalue weighted by Crippen LogP contribution is 2.33. The van der Waals surface area contributed by atoms with E-state index in [1.165, 1.54) is 73.6 Å². The quantitative estimate of drug-likeness (QED) is 0.0310. The predicted octanol–water partition coefficient (Wildman–Crippen LogP) is 9.63. The number of amidine groups is 1. The van der Waals surface area contributed by atoms with Crippen molar-refractivity contribution in [2.45, 2.75) is 26.0 Å². The van der Waals surface area contributed by atoms with E-state index in [9.17, 15) is 39.5 Å². The molecule has 0 amide bonds. The lowest BCUT2D eigenvalue weighted by Crippen LogP contribution is -2.15. The molecular weight excluding hydrogens is 1100 g/mol. The largest absolute Gasteiger partial charge is 0.416 e. The molecule has 23 nitrogen and oxygen atoms in total. The van der Waals surface area contributed by atoms with Crippen LogP contribution >= 0.6 is 15.9 Å². The molecule has 0 radical (unpaired) electrons. The van der Waals surface area contributed by atoms with E-state index in [-0.39, 0.29) is 71.8 Å². The molecule has 390 valence electrons. The summed E-state index contributed by atoms with van der Waals surface area (Å²) in [6, 6.07) is 16.6. The Bertz CT molecular complexity index is 3400. The monoisotopic (exact) mass is 1130 g/mol. The summed E-state index contributed by atoms with van der Waals surface area (Å²) in [5.41, 5.74) is 10.1. The van der Waals surface area contributed by atoms with Crippen LogP contribution < -0.4 is 22.1 Å². The maximum Gasteiger partial charge on any atom is 0.416 e. The van der Waals surface area contributed by atoms with E-state index in [0.29, 0.717) is 27.0 Å². The van der Waals surface area contributed by atoms with Gasteiger partial charge in [-0.3, -0.25) is 10.6 Å². The van der Waals surface area contributed by atoms with Gasteiger partial charge in [0.05, 0.1) is 53.9 Å². The third-order valence-electron chi connectivity index (χ3n) is 8.70. The molecule has 0 unspecified atom stereocenters. The van der Waals surface area contributed by atoms with Gasteiger partial charge in [0, 0.05) is 16.7 Å². The second-order valence-electron chi connectivity index (χ2n) is 13.8. The van der Waals surface area contributed by atoms with Gasteiger partial charge in [-0.15, -0.1) is 0 Å². The minimum Gasteiger partial charge on any atom is -0.409 e. The Labute approximate surface area is 427 Å². The number of nitrogens with zero attached hydrogens (tertiary/aromatic N) is 15. The SMILES string of the molecule is C.N#Cc1cnc(Br)cn1.N#Cc1cnc(Nc2nc(-c3ccc(C(F)(F)F)cc3)no2)cn1.N/C(=N\O)c1cnc(Nc2nc(-c3ccc(C(F)(F)F)cc3)no2)cn1.Nc1nc(-c2ccc(C(F)(F)F)cc2)no1. The Balaban J connectivity index is 0.000000197. The van der Waals surface area contributed by atoms with E-state index in [2.05, 4.69) is 96.6 Å². The maximum absolute atomic E-state index is 12.6. The van der Waals surface area contributed by atoms with Crippen LogP contribution in [0.5, 0.6) is 0 Å². The van der Waals surface area contributed by atoms with Crippen molar-refractivity contribution >= 4 is 51.4 Å². The number of hydrogen-bond acceptors (Lipinski definition) is 22. The highest BCUT2D eigenvalue weighted by atomic mass is 79.9. The molecule has 9 aromatic rings. The van der Waals surface area contributed by atoms with E-state index in [1.54, 1.807) is 0 Å². The fourth-order valence-electron chi connectivity index (χ4n) is 5.18. The van der Waals surface area contributed by atoms with Crippen LogP contribution in [0.4, 0.5) is 69.2 Å².